The minimum absolute atomic E-state index is 0.272. The number of aromatic carboxylic acids is 1. The van der Waals surface area contributed by atoms with E-state index in [1.165, 1.54) is 35.2 Å². The minimum atomic E-state index is -0.926. The lowest BCUT2D eigenvalue weighted by Gasteiger charge is -2.01. The van der Waals surface area contributed by atoms with Crippen molar-refractivity contribution in [2.45, 2.75) is 30.9 Å². The molecule has 0 saturated heterocycles. The van der Waals surface area contributed by atoms with Gasteiger partial charge in [-0.15, -0.1) is 23.1 Å². The van der Waals surface area contributed by atoms with Crippen LogP contribution in [0.1, 0.15) is 34.2 Å². The molecule has 1 aromatic heterocycles. The summed E-state index contributed by atoms with van der Waals surface area (Å²) in [6.45, 7) is 4.07. The molecule has 0 spiro atoms. The van der Waals surface area contributed by atoms with E-state index in [-0.39, 0.29) is 5.82 Å². The number of thioether (sulfide) groups is 1. The third-order valence-electron chi connectivity index (χ3n) is 2.70. The van der Waals surface area contributed by atoms with Crippen molar-refractivity contribution in [1.82, 2.24) is 4.98 Å². The van der Waals surface area contributed by atoms with E-state index in [9.17, 15) is 14.3 Å². The van der Waals surface area contributed by atoms with Crippen LogP contribution in [0.2, 0.25) is 0 Å². The topological polar surface area (TPSA) is 50.2 Å². The van der Waals surface area contributed by atoms with Gasteiger partial charge in [-0.25, -0.2) is 14.2 Å². The number of halogens is 1. The van der Waals surface area contributed by atoms with Gasteiger partial charge in [-0.1, -0.05) is 19.9 Å². The number of hydrogen-bond acceptors (Lipinski definition) is 4. The fraction of sp³-hybridized carbons (Fsp3) is 0.333. The van der Waals surface area contributed by atoms with Crippen molar-refractivity contribution in [3.63, 3.8) is 0 Å². The molecule has 0 radical (unpaired) electrons. The van der Waals surface area contributed by atoms with Gasteiger partial charge in [-0.05, 0) is 30.5 Å². The van der Waals surface area contributed by atoms with Crippen LogP contribution < -0.4 is 0 Å². The van der Waals surface area contributed by atoms with Crippen LogP contribution in [-0.4, -0.2) is 16.1 Å². The lowest BCUT2D eigenvalue weighted by molar-refractivity contribution is 0.0700. The molecule has 1 heterocycles. The third-order valence-corrected chi connectivity index (χ3v) is 4.97. The Balaban J connectivity index is 2.11. The number of hydrogen-bond donors (Lipinski definition) is 1. The number of aromatic nitrogens is 1. The van der Waals surface area contributed by atoms with Gasteiger partial charge < -0.3 is 5.11 Å². The fourth-order valence-electron chi connectivity index (χ4n) is 1.86. The van der Waals surface area contributed by atoms with E-state index in [2.05, 4.69) is 4.98 Å². The maximum absolute atomic E-state index is 13.1. The summed E-state index contributed by atoms with van der Waals surface area (Å²) < 4.78 is 13.1. The van der Waals surface area contributed by atoms with Gasteiger partial charge in [-0.3, -0.25) is 0 Å². The Bertz CT molecular complexity index is 640. The molecule has 0 aliphatic carbocycles. The molecule has 1 aromatic carbocycles. The Hall–Kier alpha value is -1.40. The van der Waals surface area contributed by atoms with E-state index in [0.29, 0.717) is 28.7 Å². The summed E-state index contributed by atoms with van der Waals surface area (Å²) in [6.07, 6.45) is 0.656. The Morgan fingerprint density at radius 3 is 2.86 bits per heavy atom. The molecular weight excluding hydrogens is 309 g/mol. The fourth-order valence-corrected chi connectivity index (χ4v) is 3.72. The van der Waals surface area contributed by atoms with E-state index in [1.54, 1.807) is 6.07 Å². The second-order valence-corrected chi connectivity index (χ2v) is 7.16. The van der Waals surface area contributed by atoms with E-state index < -0.39 is 5.97 Å². The van der Waals surface area contributed by atoms with Crippen molar-refractivity contribution < 1.29 is 14.3 Å². The Morgan fingerprint density at radius 2 is 2.24 bits per heavy atom. The summed E-state index contributed by atoms with van der Waals surface area (Å²) in [4.78, 5) is 16.8. The Labute approximate surface area is 131 Å². The number of carbonyl (C=O) groups is 1. The van der Waals surface area contributed by atoms with Crippen LogP contribution in [0.15, 0.2) is 29.2 Å². The summed E-state index contributed by atoms with van der Waals surface area (Å²) in [6, 6.07) is 6.35. The highest BCUT2D eigenvalue weighted by Crippen LogP contribution is 2.28. The highest BCUT2D eigenvalue weighted by atomic mass is 32.2. The summed E-state index contributed by atoms with van der Waals surface area (Å²) in [5, 5.41) is 9.99. The van der Waals surface area contributed by atoms with Crippen molar-refractivity contribution in [3.05, 3.63) is 45.7 Å². The van der Waals surface area contributed by atoms with Gasteiger partial charge in [0.15, 0.2) is 0 Å². The van der Waals surface area contributed by atoms with Crippen LogP contribution in [0.3, 0.4) is 0 Å². The second kappa shape index (κ2) is 7.04. The number of nitrogens with zero attached hydrogens (tertiary/aromatic N) is 1. The van der Waals surface area contributed by atoms with Crippen LogP contribution in [0.5, 0.6) is 0 Å². The van der Waals surface area contributed by atoms with Gasteiger partial charge >= 0.3 is 5.97 Å². The number of carboxylic acids is 1. The molecule has 6 heteroatoms. The predicted molar refractivity (Wildman–Crippen MR) is 83.6 cm³/mol. The highest BCUT2D eigenvalue weighted by molar-refractivity contribution is 7.98. The molecule has 0 fully saturated rings. The normalized spacial score (nSPS) is 11.0. The molecule has 0 atom stereocenters. The van der Waals surface area contributed by atoms with Gasteiger partial charge in [0, 0.05) is 4.90 Å². The Morgan fingerprint density at radius 1 is 1.48 bits per heavy atom. The molecule has 2 aromatic rings. The monoisotopic (exact) mass is 325 g/mol. The predicted octanol–water partition coefficient (Wildman–Crippen LogP) is 4.47. The summed E-state index contributed by atoms with van der Waals surface area (Å²) in [5.41, 5.74) is 0.650. The quantitative estimate of drug-likeness (QED) is 0.796. The van der Waals surface area contributed by atoms with Crippen LogP contribution in [-0.2, 0) is 12.2 Å². The van der Waals surface area contributed by atoms with Gasteiger partial charge in [0.2, 0.25) is 0 Å². The van der Waals surface area contributed by atoms with Crippen LogP contribution in [0.4, 0.5) is 4.39 Å². The first-order valence-electron chi connectivity index (χ1n) is 6.56. The highest BCUT2D eigenvalue weighted by Gasteiger charge is 2.18. The largest absolute Gasteiger partial charge is 0.477 e. The van der Waals surface area contributed by atoms with Gasteiger partial charge in [0.1, 0.15) is 15.7 Å². The molecule has 0 aliphatic heterocycles. The Kier molecular flexibility index (Phi) is 5.36. The maximum Gasteiger partial charge on any atom is 0.347 e. The zero-order valence-electron chi connectivity index (χ0n) is 11.8. The maximum atomic E-state index is 13.1. The molecule has 0 unspecified atom stereocenters. The van der Waals surface area contributed by atoms with Crippen LogP contribution >= 0.6 is 23.1 Å². The zero-order valence-corrected chi connectivity index (χ0v) is 13.4. The molecule has 2 rings (SSSR count). The number of thiazole rings is 1. The molecule has 21 heavy (non-hydrogen) atoms. The minimum Gasteiger partial charge on any atom is -0.477 e. The summed E-state index contributed by atoms with van der Waals surface area (Å²) in [5.74, 6) is -0.295. The number of carboxylic acid groups (broad SMARTS) is 1. The van der Waals surface area contributed by atoms with Gasteiger partial charge in [-0.2, -0.15) is 0 Å². The number of rotatable bonds is 6. The summed E-state index contributed by atoms with van der Waals surface area (Å²) >= 11 is 2.66. The molecule has 1 N–H and O–H groups in total. The lowest BCUT2D eigenvalue weighted by atomic mass is 10.1. The molecule has 112 valence electrons. The van der Waals surface area contributed by atoms with Crippen LogP contribution in [0.25, 0.3) is 0 Å². The van der Waals surface area contributed by atoms with Gasteiger partial charge in [0.05, 0.1) is 11.4 Å². The molecule has 0 bridgehead atoms. The second-order valence-electron chi connectivity index (χ2n) is 5.03. The molecule has 0 saturated carbocycles. The van der Waals surface area contributed by atoms with E-state index >= 15 is 0 Å². The molecule has 3 nitrogen and oxygen atoms in total. The molecular formula is C15H16FNO2S2. The van der Waals surface area contributed by atoms with Crippen molar-refractivity contribution in [3.8, 4) is 0 Å². The lowest BCUT2D eigenvalue weighted by Crippen LogP contribution is -2.02. The molecule has 0 amide bonds. The average Bonchev–Trinajstić information content (AvgIpc) is 2.79. The first-order valence-corrected chi connectivity index (χ1v) is 8.36. The average molecular weight is 325 g/mol. The van der Waals surface area contributed by atoms with Gasteiger partial charge in [0.25, 0.3) is 0 Å². The van der Waals surface area contributed by atoms with Crippen LogP contribution in [0, 0.1) is 11.7 Å². The smallest absolute Gasteiger partial charge is 0.347 e. The van der Waals surface area contributed by atoms with Crippen molar-refractivity contribution in [2.75, 3.05) is 0 Å². The van der Waals surface area contributed by atoms with E-state index in [4.69, 9.17) is 0 Å². The SMILES string of the molecule is CC(C)Cc1nc(CSc2cccc(F)c2)sc1C(=O)O. The zero-order chi connectivity index (χ0) is 15.4. The summed E-state index contributed by atoms with van der Waals surface area (Å²) in [7, 11) is 0. The molecule has 0 aliphatic rings. The van der Waals surface area contributed by atoms with E-state index in [0.717, 1.165) is 9.90 Å². The van der Waals surface area contributed by atoms with Crippen molar-refractivity contribution in [2.24, 2.45) is 5.92 Å². The third kappa shape index (κ3) is 4.54. The number of benzene rings is 1. The first-order chi connectivity index (χ1) is 9.95. The van der Waals surface area contributed by atoms with Crippen molar-refractivity contribution in [1.29, 1.82) is 0 Å². The van der Waals surface area contributed by atoms with Crippen molar-refractivity contribution >= 4 is 29.1 Å². The first kappa shape index (κ1) is 16.0. The van der Waals surface area contributed by atoms with E-state index in [1.807, 2.05) is 19.9 Å². The standard InChI is InChI=1S/C15H16FNO2S2/c1-9(2)6-12-14(15(18)19)21-13(17-12)8-20-11-5-3-4-10(16)7-11/h3-5,7,9H,6,8H2,1-2H3,(H,18,19).